The second kappa shape index (κ2) is 5.20. The van der Waals surface area contributed by atoms with Crippen LogP contribution >= 0.6 is 0 Å². The summed E-state index contributed by atoms with van der Waals surface area (Å²) in [6, 6.07) is 11.0. The van der Waals surface area contributed by atoms with Gasteiger partial charge in [-0.1, -0.05) is 49.4 Å². The van der Waals surface area contributed by atoms with Gasteiger partial charge in [0.25, 0.3) is 0 Å². The smallest absolute Gasteiger partial charge is 0.230 e. The summed E-state index contributed by atoms with van der Waals surface area (Å²) < 4.78 is 0. The largest absolute Gasteiger partial charge is 0.332 e. The number of nitrogens with zero attached hydrogens (tertiary/aromatic N) is 1. The number of hydrogen-bond acceptors (Lipinski definition) is 1. The van der Waals surface area contributed by atoms with E-state index in [-0.39, 0.29) is 5.92 Å². The van der Waals surface area contributed by atoms with E-state index in [2.05, 4.69) is 36.1 Å². The first-order chi connectivity index (χ1) is 9.31. The molecule has 1 aromatic carbocycles. The molecule has 0 aliphatic carbocycles. The minimum absolute atomic E-state index is 0.0239. The fourth-order valence-electron chi connectivity index (χ4n) is 3.49. The number of carbonyl (C=O) groups excluding carboxylic acids is 1. The molecule has 1 saturated heterocycles. The number of carbonyl (C=O) groups is 1. The van der Waals surface area contributed by atoms with Crippen LogP contribution in [-0.2, 0) is 4.79 Å². The molecule has 1 amide bonds. The number of hydrogen-bond donors (Lipinski definition) is 0. The van der Waals surface area contributed by atoms with Crippen LogP contribution in [0.15, 0.2) is 42.5 Å². The summed E-state index contributed by atoms with van der Waals surface area (Å²) in [5.41, 5.74) is 1.16. The van der Waals surface area contributed by atoms with Crippen molar-refractivity contribution in [3.05, 3.63) is 48.0 Å². The lowest BCUT2D eigenvalue weighted by Gasteiger charge is -2.34. The molecule has 0 spiro atoms. The molecule has 1 aromatic rings. The Labute approximate surface area is 115 Å². The fourth-order valence-corrected chi connectivity index (χ4v) is 3.49. The zero-order valence-electron chi connectivity index (χ0n) is 11.5. The average Bonchev–Trinajstić information content (AvgIpc) is 2.70. The Hall–Kier alpha value is -1.57. The van der Waals surface area contributed by atoms with Crippen molar-refractivity contribution in [1.82, 2.24) is 4.90 Å². The molecule has 3 rings (SSSR count). The lowest BCUT2D eigenvalue weighted by atomic mass is 9.93. The van der Waals surface area contributed by atoms with Crippen LogP contribution in [0.1, 0.15) is 44.1 Å². The Morgan fingerprint density at radius 2 is 2.11 bits per heavy atom. The average molecular weight is 255 g/mol. The summed E-state index contributed by atoms with van der Waals surface area (Å²) in [5.74, 6) is 0.348. The van der Waals surface area contributed by atoms with Crippen molar-refractivity contribution in [2.24, 2.45) is 0 Å². The quantitative estimate of drug-likeness (QED) is 0.757. The first-order valence-electron chi connectivity index (χ1n) is 7.35. The molecule has 2 aliphatic heterocycles. The summed E-state index contributed by atoms with van der Waals surface area (Å²) in [5, 5.41) is 0. The van der Waals surface area contributed by atoms with Gasteiger partial charge >= 0.3 is 0 Å². The van der Waals surface area contributed by atoms with Crippen LogP contribution in [0.4, 0.5) is 0 Å². The summed E-state index contributed by atoms with van der Waals surface area (Å²) >= 11 is 0. The SMILES string of the molecule is CC[C@@H](C(=O)N1[C@H]2CC=C[C@H]1CC2)c1ccccc1. The lowest BCUT2D eigenvalue weighted by molar-refractivity contribution is -0.135. The van der Waals surface area contributed by atoms with Crippen LogP contribution in [0.2, 0.25) is 0 Å². The molecule has 1 fully saturated rings. The molecular formula is C17H21NO. The van der Waals surface area contributed by atoms with Gasteiger partial charge in [-0.05, 0) is 31.2 Å². The van der Waals surface area contributed by atoms with Crippen LogP contribution in [0.5, 0.6) is 0 Å². The minimum Gasteiger partial charge on any atom is -0.332 e. The maximum absolute atomic E-state index is 12.9. The molecular weight excluding hydrogens is 234 g/mol. The minimum atomic E-state index is 0.0239. The Balaban J connectivity index is 1.85. The summed E-state index contributed by atoms with van der Waals surface area (Å²) in [6.45, 7) is 2.11. The molecule has 2 heterocycles. The zero-order chi connectivity index (χ0) is 13.2. The third kappa shape index (κ3) is 2.20. The lowest BCUT2D eigenvalue weighted by Crippen LogP contribution is -2.44. The van der Waals surface area contributed by atoms with E-state index in [4.69, 9.17) is 0 Å². The monoisotopic (exact) mass is 255 g/mol. The standard InChI is InChI=1S/C17H21NO/c1-2-16(13-7-4-3-5-8-13)17(19)18-14-9-6-10-15(18)12-11-14/h3-9,14-16H,2,10-12H2,1H3/t14-,15-,16+/m0/s1. The van der Waals surface area contributed by atoms with E-state index in [1.807, 2.05) is 18.2 Å². The zero-order valence-corrected chi connectivity index (χ0v) is 11.5. The number of benzene rings is 1. The molecule has 0 saturated carbocycles. The molecule has 0 aromatic heterocycles. The van der Waals surface area contributed by atoms with Crippen molar-refractivity contribution in [2.45, 2.75) is 50.6 Å². The van der Waals surface area contributed by atoms with Gasteiger partial charge in [-0.3, -0.25) is 4.79 Å². The normalized spacial score (nSPS) is 26.5. The first kappa shape index (κ1) is 12.5. The highest BCUT2D eigenvalue weighted by atomic mass is 16.2. The first-order valence-corrected chi connectivity index (χ1v) is 7.35. The van der Waals surface area contributed by atoms with Crippen LogP contribution in [0, 0.1) is 0 Å². The van der Waals surface area contributed by atoms with Crippen molar-refractivity contribution >= 4 is 5.91 Å². The second-order valence-electron chi connectivity index (χ2n) is 5.58. The van der Waals surface area contributed by atoms with Crippen molar-refractivity contribution in [3.8, 4) is 0 Å². The van der Waals surface area contributed by atoms with Gasteiger partial charge in [-0.2, -0.15) is 0 Å². The fraction of sp³-hybridized carbons (Fsp3) is 0.471. The van der Waals surface area contributed by atoms with Crippen LogP contribution < -0.4 is 0 Å². The van der Waals surface area contributed by atoms with E-state index in [0.29, 0.717) is 18.0 Å². The van der Waals surface area contributed by atoms with Gasteiger partial charge in [-0.25, -0.2) is 0 Å². The Bertz CT molecular complexity index is 479. The maximum atomic E-state index is 12.9. The molecule has 2 nitrogen and oxygen atoms in total. The van der Waals surface area contributed by atoms with Gasteiger partial charge in [0.05, 0.1) is 12.0 Å². The summed E-state index contributed by atoms with van der Waals surface area (Å²) in [4.78, 5) is 15.0. The highest BCUT2D eigenvalue weighted by molar-refractivity contribution is 5.85. The van der Waals surface area contributed by atoms with Gasteiger partial charge in [0.2, 0.25) is 5.91 Å². The van der Waals surface area contributed by atoms with Gasteiger partial charge < -0.3 is 4.90 Å². The predicted octanol–water partition coefficient (Wildman–Crippen LogP) is 3.50. The van der Waals surface area contributed by atoms with Gasteiger partial charge in [0, 0.05) is 6.04 Å². The highest BCUT2D eigenvalue weighted by Crippen LogP contribution is 2.35. The molecule has 19 heavy (non-hydrogen) atoms. The van der Waals surface area contributed by atoms with Crippen LogP contribution in [-0.4, -0.2) is 22.9 Å². The summed E-state index contributed by atoms with van der Waals surface area (Å²) in [7, 11) is 0. The number of amides is 1. The van der Waals surface area contributed by atoms with E-state index < -0.39 is 0 Å². The van der Waals surface area contributed by atoms with Crippen molar-refractivity contribution < 1.29 is 4.79 Å². The number of rotatable bonds is 3. The van der Waals surface area contributed by atoms with Gasteiger partial charge in [-0.15, -0.1) is 0 Å². The molecule has 0 unspecified atom stereocenters. The Morgan fingerprint density at radius 3 is 2.79 bits per heavy atom. The molecule has 2 aliphatic rings. The topological polar surface area (TPSA) is 20.3 Å². The second-order valence-corrected chi connectivity index (χ2v) is 5.58. The molecule has 3 atom stereocenters. The Morgan fingerprint density at radius 1 is 1.32 bits per heavy atom. The van der Waals surface area contributed by atoms with Crippen LogP contribution in [0.3, 0.4) is 0 Å². The van der Waals surface area contributed by atoms with Gasteiger partial charge in [0.1, 0.15) is 0 Å². The Kier molecular flexibility index (Phi) is 3.41. The molecule has 2 heteroatoms. The van der Waals surface area contributed by atoms with E-state index >= 15 is 0 Å². The van der Waals surface area contributed by atoms with Crippen molar-refractivity contribution in [3.63, 3.8) is 0 Å². The van der Waals surface area contributed by atoms with E-state index in [9.17, 15) is 4.79 Å². The molecule has 0 N–H and O–H groups in total. The van der Waals surface area contributed by atoms with E-state index in [0.717, 1.165) is 31.2 Å². The van der Waals surface area contributed by atoms with Crippen LogP contribution in [0.25, 0.3) is 0 Å². The molecule has 100 valence electrons. The van der Waals surface area contributed by atoms with Crippen molar-refractivity contribution in [2.75, 3.05) is 0 Å². The maximum Gasteiger partial charge on any atom is 0.230 e. The predicted molar refractivity (Wildman–Crippen MR) is 76.9 cm³/mol. The third-order valence-electron chi connectivity index (χ3n) is 4.48. The van der Waals surface area contributed by atoms with E-state index in [1.165, 1.54) is 0 Å². The van der Waals surface area contributed by atoms with E-state index in [1.54, 1.807) is 0 Å². The third-order valence-corrected chi connectivity index (χ3v) is 4.48. The molecule has 2 bridgehead atoms. The van der Waals surface area contributed by atoms with Crippen molar-refractivity contribution in [1.29, 1.82) is 0 Å². The highest BCUT2D eigenvalue weighted by Gasteiger charge is 2.39. The number of fused-ring (bicyclic) bond motifs is 2. The summed E-state index contributed by atoms with van der Waals surface area (Å²) in [6.07, 6.45) is 8.68. The van der Waals surface area contributed by atoms with Gasteiger partial charge in [0.15, 0.2) is 0 Å². The molecule has 0 radical (unpaired) electrons.